The Bertz CT molecular complexity index is 1470. The fraction of sp³-hybridized carbons (Fsp3) is 0.308. The molecule has 1 aromatic heterocycles. The number of nitrogens with two attached hydrogens (primary N) is 3. The number of primary amides is 1. The zero-order valence-electron chi connectivity index (χ0n) is 20.4. The number of hydrogen-bond donors (Lipinski definition) is 4. The molecule has 1 spiro atoms. The van der Waals surface area contributed by atoms with Gasteiger partial charge in [-0.1, -0.05) is 17.8 Å². The van der Waals surface area contributed by atoms with Crippen LogP contribution >= 0.6 is 11.8 Å². The SMILES string of the molecule is Cn1c(N2CCC3(CC2)Cc2ccc(NC(N)=O)cc2[C@H]3N)nc(N)c(Sc2ccc(C#N)cc2)c1=O. The summed E-state index contributed by atoms with van der Waals surface area (Å²) < 4.78 is 1.55. The predicted molar refractivity (Wildman–Crippen MR) is 143 cm³/mol. The summed E-state index contributed by atoms with van der Waals surface area (Å²) in [7, 11) is 1.71. The molecule has 7 N–H and O–H groups in total. The van der Waals surface area contributed by atoms with E-state index in [-0.39, 0.29) is 22.8 Å². The Morgan fingerprint density at radius 2 is 1.92 bits per heavy atom. The smallest absolute Gasteiger partial charge is 0.316 e. The Labute approximate surface area is 218 Å². The maximum atomic E-state index is 13.2. The number of amides is 2. The first-order valence-electron chi connectivity index (χ1n) is 11.9. The first-order chi connectivity index (χ1) is 17.7. The first kappa shape index (κ1) is 24.7. The number of aromatic nitrogens is 2. The molecule has 2 heterocycles. The Morgan fingerprint density at radius 3 is 2.57 bits per heavy atom. The number of carbonyl (C=O) groups excluding carboxylic acids is 1. The summed E-state index contributed by atoms with van der Waals surface area (Å²) in [6.45, 7) is 1.38. The number of benzene rings is 2. The molecule has 10 nitrogen and oxygen atoms in total. The van der Waals surface area contributed by atoms with E-state index in [1.807, 2.05) is 18.2 Å². The van der Waals surface area contributed by atoms with Crippen molar-refractivity contribution >= 4 is 35.2 Å². The minimum atomic E-state index is -0.603. The van der Waals surface area contributed by atoms with Gasteiger partial charge in [-0.25, -0.2) is 4.79 Å². The summed E-state index contributed by atoms with van der Waals surface area (Å²) in [5, 5.41) is 11.6. The summed E-state index contributed by atoms with van der Waals surface area (Å²) in [6.07, 6.45) is 2.53. The molecule has 1 saturated heterocycles. The van der Waals surface area contributed by atoms with Crippen molar-refractivity contribution in [1.82, 2.24) is 9.55 Å². The third-order valence-corrected chi connectivity index (χ3v) is 8.54. The zero-order chi connectivity index (χ0) is 26.3. The maximum absolute atomic E-state index is 13.2. The van der Waals surface area contributed by atoms with Gasteiger partial charge in [0.15, 0.2) is 0 Å². The molecule has 190 valence electrons. The van der Waals surface area contributed by atoms with E-state index in [4.69, 9.17) is 22.5 Å². The minimum absolute atomic E-state index is 0.0972. The van der Waals surface area contributed by atoms with Gasteiger partial charge in [0.1, 0.15) is 10.7 Å². The largest absolute Gasteiger partial charge is 0.382 e. The van der Waals surface area contributed by atoms with E-state index in [0.717, 1.165) is 29.7 Å². The van der Waals surface area contributed by atoms with E-state index < -0.39 is 6.03 Å². The molecule has 1 aliphatic carbocycles. The minimum Gasteiger partial charge on any atom is -0.382 e. The summed E-state index contributed by atoms with van der Waals surface area (Å²) in [5.74, 6) is 0.728. The van der Waals surface area contributed by atoms with E-state index in [2.05, 4.69) is 21.3 Å². The van der Waals surface area contributed by atoms with Gasteiger partial charge in [-0.15, -0.1) is 0 Å². The topological polar surface area (TPSA) is 169 Å². The number of nitrogens with one attached hydrogen (secondary N) is 1. The molecule has 2 amide bonds. The number of anilines is 3. The van der Waals surface area contributed by atoms with Gasteiger partial charge in [0.2, 0.25) is 5.95 Å². The van der Waals surface area contributed by atoms with Crippen molar-refractivity contribution < 1.29 is 4.79 Å². The number of nitriles is 1. The lowest BCUT2D eigenvalue weighted by Gasteiger charge is -2.42. The first-order valence-corrected chi connectivity index (χ1v) is 12.8. The highest BCUT2D eigenvalue weighted by atomic mass is 32.2. The molecule has 2 aromatic carbocycles. The van der Waals surface area contributed by atoms with E-state index >= 15 is 0 Å². The average molecular weight is 517 g/mol. The van der Waals surface area contributed by atoms with Crippen molar-refractivity contribution in [2.75, 3.05) is 29.0 Å². The molecule has 0 bridgehead atoms. The number of hydrogen-bond acceptors (Lipinski definition) is 8. The summed E-state index contributed by atoms with van der Waals surface area (Å²) in [5.41, 5.74) is 21.4. The van der Waals surface area contributed by atoms with Crippen LogP contribution in [0.5, 0.6) is 0 Å². The van der Waals surface area contributed by atoms with Crippen molar-refractivity contribution in [2.45, 2.75) is 35.1 Å². The van der Waals surface area contributed by atoms with Gasteiger partial charge in [-0.05, 0) is 72.2 Å². The highest BCUT2D eigenvalue weighted by molar-refractivity contribution is 7.99. The molecule has 0 radical (unpaired) electrons. The van der Waals surface area contributed by atoms with Gasteiger partial charge >= 0.3 is 6.03 Å². The van der Waals surface area contributed by atoms with Gasteiger partial charge in [0.25, 0.3) is 5.56 Å². The molecular formula is C26H28N8O2S. The fourth-order valence-electron chi connectivity index (χ4n) is 5.40. The number of piperidine rings is 1. The molecule has 1 fully saturated rings. The van der Waals surface area contributed by atoms with Crippen molar-refractivity contribution in [3.63, 3.8) is 0 Å². The Morgan fingerprint density at radius 1 is 1.22 bits per heavy atom. The molecular weight excluding hydrogens is 488 g/mol. The lowest BCUT2D eigenvalue weighted by Crippen LogP contribution is -2.46. The molecule has 1 atom stereocenters. The quantitative estimate of drug-likeness (QED) is 0.410. The highest BCUT2D eigenvalue weighted by Gasteiger charge is 2.46. The van der Waals surface area contributed by atoms with Gasteiger partial charge in [-0.2, -0.15) is 10.2 Å². The number of nitrogen functional groups attached to an aromatic ring is 1. The lowest BCUT2D eigenvalue weighted by atomic mass is 9.73. The van der Waals surface area contributed by atoms with Crippen LogP contribution in [-0.4, -0.2) is 28.7 Å². The van der Waals surface area contributed by atoms with E-state index in [0.29, 0.717) is 35.2 Å². The highest BCUT2D eigenvalue weighted by Crippen LogP contribution is 2.51. The number of fused-ring (bicyclic) bond motifs is 1. The summed E-state index contributed by atoms with van der Waals surface area (Å²) >= 11 is 1.24. The molecule has 0 saturated carbocycles. The van der Waals surface area contributed by atoms with Crippen LogP contribution in [0.4, 0.5) is 22.2 Å². The van der Waals surface area contributed by atoms with Crippen LogP contribution in [-0.2, 0) is 13.5 Å². The van der Waals surface area contributed by atoms with E-state index in [1.165, 1.54) is 17.3 Å². The Hall–Kier alpha value is -4.01. The van der Waals surface area contributed by atoms with Gasteiger partial charge in [0.05, 0.1) is 11.6 Å². The second-order valence-corrected chi connectivity index (χ2v) is 10.7. The van der Waals surface area contributed by atoms with E-state index in [1.54, 1.807) is 35.9 Å². The summed E-state index contributed by atoms with van der Waals surface area (Å²) in [4.78, 5) is 32.3. The normalized spacial score (nSPS) is 17.9. The van der Waals surface area contributed by atoms with Crippen LogP contribution < -0.4 is 33.0 Å². The second kappa shape index (κ2) is 9.46. The third kappa shape index (κ3) is 4.50. The van der Waals surface area contributed by atoms with E-state index in [9.17, 15) is 9.59 Å². The van der Waals surface area contributed by atoms with Gasteiger partial charge in [-0.3, -0.25) is 9.36 Å². The standard InChI is InChI=1S/C26H28N8O2S/c1-33-23(35)20(37-18-6-2-15(14-27)3-7-18)22(29)32-25(33)34-10-8-26(9-11-34)13-16-4-5-17(31-24(30)36)12-19(16)21(26)28/h2-7,12,21H,8-11,13,28-29H2,1H3,(H3,30,31,36)/t21-/m1/s1. The maximum Gasteiger partial charge on any atom is 0.316 e. The molecule has 37 heavy (non-hydrogen) atoms. The predicted octanol–water partition coefficient (Wildman–Crippen LogP) is 2.72. The number of rotatable bonds is 4. The second-order valence-electron chi connectivity index (χ2n) is 9.64. The molecule has 0 unspecified atom stereocenters. The molecule has 5 rings (SSSR count). The monoisotopic (exact) mass is 516 g/mol. The number of nitrogens with zero attached hydrogens (tertiary/aromatic N) is 4. The molecule has 11 heteroatoms. The van der Waals surface area contributed by atoms with Crippen molar-refractivity contribution in [3.05, 3.63) is 69.5 Å². The van der Waals surface area contributed by atoms with Crippen LogP contribution in [0.2, 0.25) is 0 Å². The average Bonchev–Trinajstić information content (AvgIpc) is 3.15. The van der Waals surface area contributed by atoms with Gasteiger partial charge in [0, 0.05) is 36.8 Å². The third-order valence-electron chi connectivity index (χ3n) is 7.45. The number of urea groups is 1. The van der Waals surface area contributed by atoms with Crippen molar-refractivity contribution in [2.24, 2.45) is 23.9 Å². The zero-order valence-corrected chi connectivity index (χ0v) is 21.2. The van der Waals surface area contributed by atoms with Crippen LogP contribution in [0.1, 0.15) is 35.6 Å². The van der Waals surface area contributed by atoms with Crippen LogP contribution in [0.15, 0.2) is 57.1 Å². The molecule has 2 aliphatic rings. The van der Waals surface area contributed by atoms with Crippen LogP contribution in [0.25, 0.3) is 0 Å². The van der Waals surface area contributed by atoms with Crippen molar-refractivity contribution in [1.29, 1.82) is 5.26 Å². The van der Waals surface area contributed by atoms with Crippen molar-refractivity contribution in [3.8, 4) is 6.07 Å². The fourth-order valence-corrected chi connectivity index (χ4v) is 6.29. The molecule has 1 aliphatic heterocycles. The van der Waals surface area contributed by atoms with Crippen LogP contribution in [0, 0.1) is 16.7 Å². The Balaban J connectivity index is 1.33. The van der Waals surface area contributed by atoms with Gasteiger partial charge < -0.3 is 27.4 Å². The molecule has 3 aromatic rings. The lowest BCUT2D eigenvalue weighted by molar-refractivity contribution is 0.186. The van der Waals surface area contributed by atoms with Crippen LogP contribution in [0.3, 0.4) is 0 Å². The number of carbonyl (C=O) groups is 1. The Kier molecular flexibility index (Phi) is 6.31. The summed E-state index contributed by atoms with van der Waals surface area (Å²) in [6, 6.07) is 14.1.